The number of hydrogen-bond donors (Lipinski definition) is 0. The van der Waals surface area contributed by atoms with Crippen LogP contribution in [0.3, 0.4) is 0 Å². The van der Waals surface area contributed by atoms with Crippen LogP contribution in [0.15, 0.2) is 18.3 Å². The maximum absolute atomic E-state index is 12.9. The smallest absolute Gasteiger partial charge is 0.254 e. The van der Waals surface area contributed by atoms with E-state index in [2.05, 4.69) is 9.88 Å². The molecule has 1 aromatic heterocycles. The van der Waals surface area contributed by atoms with Gasteiger partial charge in [0.2, 0.25) is 5.88 Å². The fourth-order valence-electron chi connectivity index (χ4n) is 4.30. The lowest BCUT2D eigenvalue weighted by molar-refractivity contribution is 0.0522. The first kappa shape index (κ1) is 17.7. The molecule has 1 aromatic rings. The molecule has 1 atom stereocenters. The van der Waals surface area contributed by atoms with Crippen molar-refractivity contribution in [2.24, 2.45) is 0 Å². The van der Waals surface area contributed by atoms with E-state index in [9.17, 15) is 4.79 Å². The Morgan fingerprint density at radius 1 is 1.12 bits per heavy atom. The predicted octanol–water partition coefficient (Wildman–Crippen LogP) is 2.34. The average molecular weight is 359 g/mol. The van der Waals surface area contributed by atoms with Crippen LogP contribution < -0.4 is 4.74 Å². The van der Waals surface area contributed by atoms with Crippen molar-refractivity contribution in [2.45, 2.75) is 50.7 Å². The van der Waals surface area contributed by atoms with Gasteiger partial charge in [-0.1, -0.05) is 19.3 Å². The van der Waals surface area contributed by atoms with Crippen molar-refractivity contribution >= 4 is 5.91 Å². The Balaban J connectivity index is 1.33. The fourth-order valence-corrected chi connectivity index (χ4v) is 4.30. The highest BCUT2D eigenvalue weighted by atomic mass is 16.5. The second kappa shape index (κ2) is 8.35. The van der Waals surface area contributed by atoms with Crippen molar-refractivity contribution in [2.75, 3.05) is 39.4 Å². The van der Waals surface area contributed by atoms with Crippen molar-refractivity contribution in [1.82, 2.24) is 14.8 Å². The molecule has 0 aromatic carbocycles. The lowest BCUT2D eigenvalue weighted by Crippen LogP contribution is -2.52. The average Bonchev–Trinajstić information content (AvgIpc) is 3.21. The van der Waals surface area contributed by atoms with Gasteiger partial charge in [-0.2, -0.15) is 0 Å². The summed E-state index contributed by atoms with van der Waals surface area (Å²) in [5.41, 5.74) is 0.667. The Hall–Kier alpha value is -1.66. The monoisotopic (exact) mass is 359 g/mol. The number of piperazine rings is 1. The van der Waals surface area contributed by atoms with Crippen molar-refractivity contribution < 1.29 is 14.3 Å². The van der Waals surface area contributed by atoms with Crippen molar-refractivity contribution in [3.63, 3.8) is 0 Å². The molecule has 1 unspecified atom stereocenters. The van der Waals surface area contributed by atoms with Gasteiger partial charge in [0.25, 0.3) is 5.91 Å². The molecule has 26 heavy (non-hydrogen) atoms. The van der Waals surface area contributed by atoms with Gasteiger partial charge in [0.1, 0.15) is 6.10 Å². The molecule has 0 radical (unpaired) electrons. The minimum absolute atomic E-state index is 0.0480. The highest BCUT2D eigenvalue weighted by Crippen LogP contribution is 2.24. The zero-order valence-corrected chi connectivity index (χ0v) is 15.4. The van der Waals surface area contributed by atoms with Crippen LogP contribution in [0.2, 0.25) is 0 Å². The zero-order valence-electron chi connectivity index (χ0n) is 15.4. The summed E-state index contributed by atoms with van der Waals surface area (Å²) in [5, 5.41) is 0. The molecule has 1 saturated carbocycles. The van der Waals surface area contributed by atoms with E-state index in [0.29, 0.717) is 18.1 Å². The quantitative estimate of drug-likeness (QED) is 0.826. The second-order valence-electron chi connectivity index (χ2n) is 7.61. The molecule has 6 heteroatoms. The lowest BCUT2D eigenvalue weighted by atomic mass is 9.94. The number of pyridine rings is 1. The molecule has 4 rings (SSSR count). The molecule has 1 amide bonds. The van der Waals surface area contributed by atoms with Crippen LogP contribution in [0.25, 0.3) is 0 Å². The molecule has 3 aliphatic rings. The Bertz CT molecular complexity index is 604. The summed E-state index contributed by atoms with van der Waals surface area (Å²) in [7, 11) is 0. The molecule has 0 bridgehead atoms. The summed E-state index contributed by atoms with van der Waals surface area (Å²) in [6.45, 7) is 4.93. The molecular weight excluding hydrogens is 330 g/mol. The van der Waals surface area contributed by atoms with E-state index in [4.69, 9.17) is 9.47 Å². The molecule has 142 valence electrons. The van der Waals surface area contributed by atoms with Crippen molar-refractivity contribution in [3.05, 3.63) is 23.9 Å². The summed E-state index contributed by atoms with van der Waals surface area (Å²) in [6.07, 6.45) is 9.33. The maximum Gasteiger partial charge on any atom is 0.254 e. The van der Waals surface area contributed by atoms with E-state index in [-0.39, 0.29) is 12.0 Å². The second-order valence-corrected chi connectivity index (χ2v) is 7.61. The van der Waals surface area contributed by atoms with Crippen LogP contribution in [-0.4, -0.2) is 72.2 Å². The number of carbonyl (C=O) groups excluding carboxylic acids is 1. The van der Waals surface area contributed by atoms with Gasteiger partial charge in [-0.3, -0.25) is 9.69 Å². The first-order valence-electron chi connectivity index (χ1n) is 10.0. The van der Waals surface area contributed by atoms with E-state index in [1.807, 2.05) is 4.90 Å². The normalized spacial score (nSPS) is 25.4. The number of aromatic nitrogens is 1. The van der Waals surface area contributed by atoms with E-state index >= 15 is 0 Å². The molecule has 2 saturated heterocycles. The van der Waals surface area contributed by atoms with Crippen LogP contribution in [0.1, 0.15) is 48.9 Å². The van der Waals surface area contributed by atoms with Gasteiger partial charge in [-0.15, -0.1) is 0 Å². The van der Waals surface area contributed by atoms with Gasteiger partial charge in [-0.05, 0) is 18.9 Å². The van der Waals surface area contributed by atoms with Gasteiger partial charge >= 0.3 is 0 Å². The minimum atomic E-state index is 0.0480. The largest absolute Gasteiger partial charge is 0.472 e. The highest BCUT2D eigenvalue weighted by molar-refractivity contribution is 5.94. The van der Waals surface area contributed by atoms with Crippen LogP contribution >= 0.6 is 0 Å². The Kier molecular flexibility index (Phi) is 5.70. The molecule has 0 spiro atoms. The van der Waals surface area contributed by atoms with Crippen LogP contribution in [0, 0.1) is 0 Å². The number of nitrogens with zero attached hydrogens (tertiary/aromatic N) is 3. The van der Waals surface area contributed by atoms with Crippen LogP contribution in [0.4, 0.5) is 0 Å². The Morgan fingerprint density at radius 2 is 1.92 bits per heavy atom. The molecular formula is C20H29N3O3. The van der Waals surface area contributed by atoms with Crippen LogP contribution in [-0.2, 0) is 4.74 Å². The highest BCUT2D eigenvalue weighted by Gasteiger charge is 2.27. The van der Waals surface area contributed by atoms with Gasteiger partial charge < -0.3 is 14.4 Å². The zero-order chi connectivity index (χ0) is 17.8. The number of hydrogen-bond acceptors (Lipinski definition) is 5. The van der Waals surface area contributed by atoms with Crippen LogP contribution in [0.5, 0.6) is 5.88 Å². The number of carbonyl (C=O) groups is 1. The Morgan fingerprint density at radius 3 is 2.65 bits per heavy atom. The first-order chi connectivity index (χ1) is 12.8. The summed E-state index contributed by atoms with van der Waals surface area (Å²) in [5.74, 6) is 0.607. The standard InChI is InChI=1S/C20H29N3O3/c24-20(16-6-8-21-19(14-16)26-18-7-13-25-15-18)23-11-9-22(10-12-23)17-4-2-1-3-5-17/h6,8,14,17-18H,1-5,7,9-13,15H2. The molecule has 3 heterocycles. The number of rotatable bonds is 4. The summed E-state index contributed by atoms with van der Waals surface area (Å²) >= 11 is 0. The van der Waals surface area contributed by atoms with Gasteiger partial charge in [0, 0.05) is 56.5 Å². The lowest BCUT2D eigenvalue weighted by Gasteiger charge is -2.40. The van der Waals surface area contributed by atoms with Crippen molar-refractivity contribution in [3.8, 4) is 5.88 Å². The molecule has 1 aliphatic carbocycles. The van der Waals surface area contributed by atoms with E-state index in [1.165, 1.54) is 32.1 Å². The third-order valence-electron chi connectivity index (χ3n) is 5.85. The maximum atomic E-state index is 12.9. The molecule has 6 nitrogen and oxygen atoms in total. The topological polar surface area (TPSA) is 54.9 Å². The van der Waals surface area contributed by atoms with E-state index in [1.54, 1.807) is 18.3 Å². The Labute approximate surface area is 155 Å². The van der Waals surface area contributed by atoms with Gasteiger partial charge in [-0.25, -0.2) is 4.98 Å². The summed E-state index contributed by atoms with van der Waals surface area (Å²) in [6, 6.07) is 4.29. The SMILES string of the molecule is O=C(c1ccnc(OC2CCOC2)c1)N1CCN(C2CCCCC2)CC1. The third-order valence-corrected chi connectivity index (χ3v) is 5.85. The van der Waals surface area contributed by atoms with E-state index < -0.39 is 0 Å². The van der Waals surface area contributed by atoms with Gasteiger partial charge in [0.15, 0.2) is 0 Å². The van der Waals surface area contributed by atoms with Gasteiger partial charge in [0.05, 0.1) is 13.2 Å². The summed E-state index contributed by atoms with van der Waals surface area (Å²) < 4.78 is 11.2. The number of amides is 1. The molecule has 0 N–H and O–H groups in total. The molecule has 3 fully saturated rings. The predicted molar refractivity (Wildman–Crippen MR) is 98.4 cm³/mol. The van der Waals surface area contributed by atoms with Crippen molar-refractivity contribution in [1.29, 1.82) is 0 Å². The fraction of sp³-hybridized carbons (Fsp3) is 0.700. The number of ether oxygens (including phenoxy) is 2. The summed E-state index contributed by atoms with van der Waals surface area (Å²) in [4.78, 5) is 21.7. The minimum Gasteiger partial charge on any atom is -0.472 e. The van der Waals surface area contributed by atoms with E-state index in [0.717, 1.165) is 45.2 Å². The first-order valence-corrected chi connectivity index (χ1v) is 10.0. The molecule has 2 aliphatic heterocycles. The third kappa shape index (κ3) is 4.18.